The number of sulfonamides is 1. The van der Waals surface area contributed by atoms with E-state index in [0.717, 1.165) is 43.2 Å². The molecular formula is C22H27N5O4S2. The lowest BCUT2D eigenvalue weighted by Gasteiger charge is -2.28. The van der Waals surface area contributed by atoms with Crippen LogP contribution >= 0.6 is 11.8 Å². The van der Waals surface area contributed by atoms with E-state index in [9.17, 15) is 13.2 Å². The number of ether oxygens (including phenoxy) is 1. The molecule has 0 spiro atoms. The fraction of sp³-hybridized carbons (Fsp3) is 0.364. The quantitative estimate of drug-likeness (QED) is 0.490. The van der Waals surface area contributed by atoms with Gasteiger partial charge in [0.05, 0.1) is 34.4 Å². The second-order valence-electron chi connectivity index (χ2n) is 7.73. The van der Waals surface area contributed by atoms with Gasteiger partial charge >= 0.3 is 0 Å². The molecule has 3 N–H and O–H groups in total. The molecule has 1 unspecified atom stereocenters. The van der Waals surface area contributed by atoms with Crippen molar-refractivity contribution in [1.29, 1.82) is 0 Å². The first-order chi connectivity index (χ1) is 15.8. The highest BCUT2D eigenvalue weighted by atomic mass is 32.2. The fourth-order valence-electron chi connectivity index (χ4n) is 3.69. The third-order valence-corrected chi connectivity index (χ3v) is 7.49. The van der Waals surface area contributed by atoms with Gasteiger partial charge in [0.2, 0.25) is 15.9 Å². The Morgan fingerprint density at radius 2 is 1.91 bits per heavy atom. The van der Waals surface area contributed by atoms with E-state index >= 15 is 0 Å². The Balaban J connectivity index is 1.46. The van der Waals surface area contributed by atoms with Crippen molar-refractivity contribution in [3.8, 4) is 0 Å². The molecule has 1 saturated heterocycles. The van der Waals surface area contributed by atoms with Gasteiger partial charge in [0, 0.05) is 31.0 Å². The van der Waals surface area contributed by atoms with Crippen LogP contribution < -0.4 is 15.4 Å². The Hall–Kier alpha value is -2.60. The van der Waals surface area contributed by atoms with Crippen LogP contribution in [0.2, 0.25) is 0 Å². The number of nitrogens with two attached hydrogens (primary N) is 1. The van der Waals surface area contributed by atoms with Gasteiger partial charge in [0.25, 0.3) is 0 Å². The topological polar surface area (TPSA) is 120 Å². The first-order valence-corrected chi connectivity index (χ1v) is 13.1. The van der Waals surface area contributed by atoms with Crippen molar-refractivity contribution < 1.29 is 17.9 Å². The number of thioether (sulfide) groups is 1. The molecule has 0 saturated carbocycles. The summed E-state index contributed by atoms with van der Waals surface area (Å²) in [6.07, 6.45) is 0. The molecule has 2 heterocycles. The molecule has 2 aromatic carbocycles. The Morgan fingerprint density at radius 3 is 2.55 bits per heavy atom. The molecule has 0 radical (unpaired) electrons. The number of aryl methyl sites for hydroxylation is 1. The van der Waals surface area contributed by atoms with Crippen LogP contribution in [0.1, 0.15) is 13.8 Å². The van der Waals surface area contributed by atoms with Crippen LogP contribution in [0.25, 0.3) is 11.0 Å². The van der Waals surface area contributed by atoms with Crippen molar-refractivity contribution in [1.82, 2.24) is 9.55 Å². The number of carbonyl (C=O) groups excluding carboxylic acids is 1. The molecule has 1 amide bonds. The number of fused-ring (bicyclic) bond motifs is 1. The standard InChI is InChI=1S/C22H27N5O4S2/c1-3-27-20-9-8-18(33(23,29)30)14-19(20)25-22(27)32-15(2)21(28)24-16-4-6-17(7-5-16)26-10-12-31-13-11-26/h4-9,14-15H,3,10-13H2,1-2H3,(H,24,28)(H2,23,29,30). The Kier molecular flexibility index (Phi) is 6.94. The first kappa shape index (κ1) is 23.6. The average Bonchev–Trinajstić information content (AvgIpc) is 3.15. The van der Waals surface area contributed by atoms with E-state index in [1.807, 2.05) is 42.7 Å². The number of hydrogen-bond acceptors (Lipinski definition) is 7. The maximum absolute atomic E-state index is 12.8. The summed E-state index contributed by atoms with van der Waals surface area (Å²) in [5, 5.41) is 8.43. The van der Waals surface area contributed by atoms with Crippen molar-refractivity contribution in [2.45, 2.75) is 35.7 Å². The maximum Gasteiger partial charge on any atom is 0.238 e. The summed E-state index contributed by atoms with van der Waals surface area (Å²) in [6, 6.07) is 12.4. The molecule has 3 aromatic rings. The fourth-order valence-corrected chi connectivity index (χ4v) is 5.21. The Bertz CT molecular complexity index is 1250. The SMILES string of the molecule is CCn1c(SC(C)C(=O)Nc2ccc(N3CCOCC3)cc2)nc2cc(S(N)(=O)=O)ccc21. The molecule has 0 bridgehead atoms. The average molecular weight is 490 g/mol. The number of aromatic nitrogens is 2. The van der Waals surface area contributed by atoms with E-state index in [2.05, 4.69) is 15.2 Å². The Labute approximate surface area is 197 Å². The number of rotatable bonds is 7. The lowest BCUT2D eigenvalue weighted by atomic mass is 10.2. The minimum atomic E-state index is -3.82. The van der Waals surface area contributed by atoms with Gasteiger partial charge in [-0.05, 0) is 56.3 Å². The smallest absolute Gasteiger partial charge is 0.238 e. The number of primary sulfonamides is 1. The van der Waals surface area contributed by atoms with Gasteiger partial charge in [-0.15, -0.1) is 0 Å². The van der Waals surface area contributed by atoms with Crippen LogP contribution in [0, 0.1) is 0 Å². The number of anilines is 2. The lowest BCUT2D eigenvalue weighted by molar-refractivity contribution is -0.115. The number of nitrogens with one attached hydrogen (secondary N) is 1. The molecule has 9 nitrogen and oxygen atoms in total. The zero-order valence-corrected chi connectivity index (χ0v) is 20.2. The minimum absolute atomic E-state index is 0.0126. The highest BCUT2D eigenvalue weighted by Crippen LogP contribution is 2.29. The number of benzene rings is 2. The van der Waals surface area contributed by atoms with Gasteiger partial charge in [-0.1, -0.05) is 11.8 Å². The molecule has 4 rings (SSSR count). The molecular weight excluding hydrogens is 462 g/mol. The second-order valence-corrected chi connectivity index (χ2v) is 10.6. The molecule has 0 aliphatic carbocycles. The maximum atomic E-state index is 12.8. The molecule has 33 heavy (non-hydrogen) atoms. The lowest BCUT2D eigenvalue weighted by Crippen LogP contribution is -2.36. The summed E-state index contributed by atoms with van der Waals surface area (Å²) >= 11 is 1.32. The van der Waals surface area contributed by atoms with Gasteiger partial charge in [0.15, 0.2) is 5.16 Å². The number of nitrogens with zero attached hydrogens (tertiary/aromatic N) is 3. The van der Waals surface area contributed by atoms with Crippen LogP contribution in [0.4, 0.5) is 11.4 Å². The zero-order chi connectivity index (χ0) is 23.6. The predicted octanol–water partition coefficient (Wildman–Crippen LogP) is 2.66. The van der Waals surface area contributed by atoms with Crippen LogP contribution in [-0.2, 0) is 26.1 Å². The van der Waals surface area contributed by atoms with Crippen molar-refractivity contribution in [3.05, 3.63) is 42.5 Å². The van der Waals surface area contributed by atoms with Crippen molar-refractivity contribution in [2.75, 3.05) is 36.5 Å². The largest absolute Gasteiger partial charge is 0.378 e. The summed E-state index contributed by atoms with van der Waals surface area (Å²) < 4.78 is 30.7. The van der Waals surface area contributed by atoms with Gasteiger partial charge in [-0.25, -0.2) is 18.5 Å². The predicted molar refractivity (Wildman–Crippen MR) is 130 cm³/mol. The van der Waals surface area contributed by atoms with Crippen molar-refractivity contribution in [2.24, 2.45) is 5.14 Å². The number of amides is 1. The molecule has 176 valence electrons. The van der Waals surface area contributed by atoms with E-state index in [1.54, 1.807) is 6.07 Å². The number of hydrogen-bond donors (Lipinski definition) is 2. The third kappa shape index (κ3) is 5.32. The normalized spacial score (nSPS) is 15.5. The third-order valence-electron chi connectivity index (χ3n) is 5.49. The summed E-state index contributed by atoms with van der Waals surface area (Å²) in [6.45, 7) is 7.58. The highest BCUT2D eigenvalue weighted by Gasteiger charge is 2.20. The molecule has 1 fully saturated rings. The molecule has 1 aromatic heterocycles. The Morgan fingerprint density at radius 1 is 1.21 bits per heavy atom. The summed E-state index contributed by atoms with van der Waals surface area (Å²) in [5.41, 5.74) is 3.15. The van der Waals surface area contributed by atoms with Crippen LogP contribution in [-0.4, -0.2) is 55.4 Å². The van der Waals surface area contributed by atoms with E-state index in [4.69, 9.17) is 9.88 Å². The monoisotopic (exact) mass is 489 g/mol. The van der Waals surface area contributed by atoms with E-state index in [1.165, 1.54) is 23.9 Å². The number of carbonyl (C=O) groups is 1. The van der Waals surface area contributed by atoms with Gasteiger partial charge in [0.1, 0.15) is 0 Å². The van der Waals surface area contributed by atoms with Crippen molar-refractivity contribution >= 4 is 50.1 Å². The van der Waals surface area contributed by atoms with Crippen LogP contribution in [0.5, 0.6) is 0 Å². The first-order valence-electron chi connectivity index (χ1n) is 10.7. The summed E-state index contributed by atoms with van der Waals surface area (Å²) in [5.74, 6) is -0.140. The molecule has 1 aliphatic rings. The van der Waals surface area contributed by atoms with Gasteiger partial charge in [-0.3, -0.25) is 4.79 Å². The van der Waals surface area contributed by atoms with E-state index in [-0.39, 0.29) is 10.8 Å². The van der Waals surface area contributed by atoms with E-state index in [0.29, 0.717) is 17.2 Å². The van der Waals surface area contributed by atoms with Crippen molar-refractivity contribution in [3.63, 3.8) is 0 Å². The summed E-state index contributed by atoms with van der Waals surface area (Å²) in [7, 11) is -3.82. The number of morpholine rings is 1. The molecule has 11 heteroatoms. The second kappa shape index (κ2) is 9.72. The van der Waals surface area contributed by atoms with E-state index < -0.39 is 15.3 Å². The highest BCUT2D eigenvalue weighted by molar-refractivity contribution is 8.00. The summed E-state index contributed by atoms with van der Waals surface area (Å²) in [4.78, 5) is 19.6. The van der Waals surface area contributed by atoms with Crippen LogP contribution in [0.15, 0.2) is 52.5 Å². The van der Waals surface area contributed by atoms with Gasteiger partial charge in [-0.2, -0.15) is 0 Å². The molecule has 1 aliphatic heterocycles. The van der Waals surface area contributed by atoms with Crippen LogP contribution in [0.3, 0.4) is 0 Å². The minimum Gasteiger partial charge on any atom is -0.378 e. The molecule has 1 atom stereocenters. The van der Waals surface area contributed by atoms with Gasteiger partial charge < -0.3 is 19.5 Å². The zero-order valence-electron chi connectivity index (χ0n) is 18.5. The number of imidazole rings is 1.